The molecule has 0 saturated heterocycles. The molecule has 0 unspecified atom stereocenters. The highest BCUT2D eigenvalue weighted by Crippen LogP contribution is 2.38. The van der Waals surface area contributed by atoms with E-state index in [4.69, 9.17) is 9.97 Å². The van der Waals surface area contributed by atoms with Gasteiger partial charge in [0.1, 0.15) is 0 Å². The average molecular weight is 653 g/mol. The van der Waals surface area contributed by atoms with Crippen LogP contribution in [0.3, 0.4) is 0 Å². The standard InChI is InChI=1S/C34H32N6O8/c1-17-21(5-7-33(41)42)31-16-32-22(6-8-34(43)44)18(2)27(38-32)14-30-24(10-12-40(47)48)20(4)28(37-30)15-29-23(9-11-39(45)46)19(3)26(35-29)13-25(17)36-31/h9-16,35,37H,5-8H2,1-4H3,(H,41,42)(H,43,44)/b11-9+,12-10+,25-13?,26-13?,27-14?,28-15?,29-15?,30-14?,31-16?,32-16?. The Bertz CT molecular complexity index is 2200. The number of nitro groups is 2. The fourth-order valence-corrected chi connectivity index (χ4v) is 5.94. The SMILES string of the molecule is CC1=C(CCC(=O)O)c2cc3nc(cc4[nH]c(cc5[nH]c(cc1n2)c(C)c5/C=C/[N+](=O)[O-])c(C)c4/C=C/[N+](=O)[O-])C(C)=C3CCC(=O)O. The molecule has 2 aliphatic heterocycles. The van der Waals surface area contributed by atoms with Crippen LogP contribution < -0.4 is 0 Å². The minimum Gasteiger partial charge on any atom is -0.481 e. The summed E-state index contributed by atoms with van der Waals surface area (Å²) in [7, 11) is 0. The molecule has 246 valence electrons. The van der Waals surface area contributed by atoms with Gasteiger partial charge in [0.15, 0.2) is 0 Å². The van der Waals surface area contributed by atoms with Gasteiger partial charge in [-0.05, 0) is 98.2 Å². The summed E-state index contributed by atoms with van der Waals surface area (Å²) >= 11 is 0. The molecule has 0 spiro atoms. The lowest BCUT2D eigenvalue weighted by molar-refractivity contribution is -0.401. The maximum absolute atomic E-state index is 11.6. The second kappa shape index (κ2) is 13.3. The number of carboxylic acids is 2. The lowest BCUT2D eigenvalue weighted by Crippen LogP contribution is -1.97. The fourth-order valence-electron chi connectivity index (χ4n) is 5.94. The number of carboxylic acid groups (broad SMARTS) is 2. The minimum absolute atomic E-state index is 0.142. The third-order valence-corrected chi connectivity index (χ3v) is 8.54. The van der Waals surface area contributed by atoms with Crippen molar-refractivity contribution in [1.82, 2.24) is 19.9 Å². The van der Waals surface area contributed by atoms with Crippen molar-refractivity contribution in [2.75, 3.05) is 0 Å². The fraction of sp³-hybridized carbons (Fsp3) is 0.235. The van der Waals surface area contributed by atoms with E-state index in [1.165, 1.54) is 12.2 Å². The molecule has 3 aromatic heterocycles. The van der Waals surface area contributed by atoms with Crippen LogP contribution in [0.25, 0.3) is 56.5 Å². The Hall–Kier alpha value is -6.18. The van der Waals surface area contributed by atoms with Crippen molar-refractivity contribution in [3.05, 3.63) is 102 Å². The van der Waals surface area contributed by atoms with E-state index < -0.39 is 21.8 Å². The van der Waals surface area contributed by atoms with Gasteiger partial charge in [-0.1, -0.05) is 0 Å². The lowest BCUT2D eigenvalue weighted by Gasteiger charge is -2.05. The molecule has 0 fully saturated rings. The molecular weight excluding hydrogens is 620 g/mol. The quantitative estimate of drug-likeness (QED) is 0.129. The van der Waals surface area contributed by atoms with Crippen LogP contribution in [0.5, 0.6) is 0 Å². The molecule has 0 saturated carbocycles. The number of nitrogens with one attached hydrogen (secondary N) is 2. The third kappa shape index (κ3) is 6.82. The zero-order valence-corrected chi connectivity index (χ0v) is 26.6. The molecule has 14 heteroatoms. The van der Waals surface area contributed by atoms with Crippen molar-refractivity contribution in [3.63, 3.8) is 0 Å². The van der Waals surface area contributed by atoms with E-state index in [2.05, 4.69) is 9.97 Å². The Kier molecular flexibility index (Phi) is 9.18. The number of aryl methyl sites for hydroxylation is 2. The largest absolute Gasteiger partial charge is 0.481 e. The molecule has 0 aromatic carbocycles. The second-order valence-electron chi connectivity index (χ2n) is 11.5. The van der Waals surface area contributed by atoms with E-state index in [9.17, 15) is 40.0 Å². The molecule has 8 bridgehead atoms. The van der Waals surface area contributed by atoms with Gasteiger partial charge in [0.25, 0.3) is 0 Å². The van der Waals surface area contributed by atoms with Crippen LogP contribution in [0.1, 0.15) is 84.6 Å². The molecule has 5 heterocycles. The van der Waals surface area contributed by atoms with Gasteiger partial charge in [-0.15, -0.1) is 0 Å². The third-order valence-electron chi connectivity index (χ3n) is 8.54. The van der Waals surface area contributed by atoms with Crippen LogP contribution >= 0.6 is 0 Å². The van der Waals surface area contributed by atoms with Crippen molar-refractivity contribution in [1.29, 1.82) is 0 Å². The molecule has 0 radical (unpaired) electrons. The summed E-state index contributed by atoms with van der Waals surface area (Å²) in [6.07, 6.45) is 4.52. The van der Waals surface area contributed by atoms with Crippen LogP contribution in [0, 0.1) is 34.1 Å². The zero-order chi connectivity index (χ0) is 34.9. The smallest absolute Gasteiger partial charge is 0.303 e. The van der Waals surface area contributed by atoms with Crippen molar-refractivity contribution in [2.45, 2.75) is 53.4 Å². The molecule has 48 heavy (non-hydrogen) atoms. The second-order valence-corrected chi connectivity index (χ2v) is 11.5. The van der Waals surface area contributed by atoms with Gasteiger partial charge < -0.3 is 20.2 Å². The van der Waals surface area contributed by atoms with E-state index in [0.717, 1.165) is 18.0 Å². The van der Waals surface area contributed by atoms with Gasteiger partial charge in [0.05, 0.1) is 32.6 Å². The maximum atomic E-state index is 11.6. The van der Waals surface area contributed by atoms with Gasteiger partial charge in [-0.25, -0.2) is 9.97 Å². The van der Waals surface area contributed by atoms with Crippen LogP contribution in [-0.2, 0) is 9.59 Å². The summed E-state index contributed by atoms with van der Waals surface area (Å²) in [4.78, 5) is 61.0. The number of rotatable bonds is 10. The first-order valence-electron chi connectivity index (χ1n) is 15.0. The first kappa shape index (κ1) is 33.2. The summed E-state index contributed by atoms with van der Waals surface area (Å²) in [5.74, 6) is -1.95. The number of allylic oxidation sites excluding steroid dienone is 4. The molecule has 0 atom stereocenters. The highest BCUT2D eigenvalue weighted by Gasteiger charge is 2.23. The van der Waals surface area contributed by atoms with Crippen LogP contribution in [-0.4, -0.2) is 51.9 Å². The topological polar surface area (TPSA) is 218 Å². The predicted octanol–water partition coefficient (Wildman–Crippen LogP) is 7.02. The molecule has 5 rings (SSSR count). The summed E-state index contributed by atoms with van der Waals surface area (Å²) in [5, 5.41) is 41.5. The van der Waals surface area contributed by atoms with Crippen molar-refractivity contribution in [2.24, 2.45) is 0 Å². The first-order chi connectivity index (χ1) is 22.7. The Morgan fingerprint density at radius 3 is 1.48 bits per heavy atom. The number of aliphatic carboxylic acids is 2. The number of carbonyl (C=O) groups is 2. The van der Waals surface area contributed by atoms with Gasteiger partial charge in [0, 0.05) is 58.2 Å². The van der Waals surface area contributed by atoms with E-state index in [1.54, 1.807) is 31.2 Å². The number of H-pyrrole nitrogens is 2. The van der Waals surface area contributed by atoms with Crippen molar-refractivity contribution in [3.8, 4) is 0 Å². The summed E-state index contributed by atoms with van der Waals surface area (Å²) in [5.41, 5.74) is 9.57. The zero-order valence-electron chi connectivity index (χ0n) is 26.6. The summed E-state index contributed by atoms with van der Waals surface area (Å²) < 4.78 is 0. The lowest BCUT2D eigenvalue weighted by atomic mass is 9.98. The predicted molar refractivity (Wildman–Crippen MR) is 181 cm³/mol. The van der Waals surface area contributed by atoms with Crippen molar-refractivity contribution >= 4 is 68.4 Å². The number of hydrogen-bond acceptors (Lipinski definition) is 8. The highest BCUT2D eigenvalue weighted by molar-refractivity contribution is 5.97. The molecule has 0 amide bonds. The van der Waals surface area contributed by atoms with Gasteiger partial charge in [0.2, 0.25) is 12.4 Å². The highest BCUT2D eigenvalue weighted by atomic mass is 16.6. The Morgan fingerprint density at radius 2 is 1.06 bits per heavy atom. The summed E-state index contributed by atoms with van der Waals surface area (Å²) in [6.45, 7) is 7.27. The number of aromatic amines is 2. The average Bonchev–Trinajstić information content (AvgIpc) is 3.66. The Morgan fingerprint density at radius 1 is 0.667 bits per heavy atom. The summed E-state index contributed by atoms with van der Waals surface area (Å²) in [6, 6.07) is 7.04. The molecule has 14 nitrogen and oxygen atoms in total. The van der Waals surface area contributed by atoms with Gasteiger partial charge in [-0.3, -0.25) is 29.8 Å². The van der Waals surface area contributed by atoms with Crippen molar-refractivity contribution < 1.29 is 29.6 Å². The molecule has 2 aliphatic rings. The molecule has 3 aromatic rings. The number of hydrogen-bond donors (Lipinski definition) is 4. The Labute approximate surface area is 273 Å². The van der Waals surface area contributed by atoms with E-state index >= 15 is 0 Å². The van der Waals surface area contributed by atoms with E-state index in [0.29, 0.717) is 83.8 Å². The van der Waals surface area contributed by atoms with E-state index in [-0.39, 0.29) is 25.7 Å². The monoisotopic (exact) mass is 652 g/mol. The minimum atomic E-state index is -0.980. The number of nitrogens with zero attached hydrogens (tertiary/aromatic N) is 4. The molecule has 4 N–H and O–H groups in total. The Balaban J connectivity index is 1.96. The first-order valence-corrected chi connectivity index (χ1v) is 15.0. The molecular formula is C34H32N6O8. The van der Waals surface area contributed by atoms with Gasteiger partial charge in [-0.2, -0.15) is 0 Å². The number of aromatic nitrogens is 4. The van der Waals surface area contributed by atoms with E-state index in [1.807, 2.05) is 20.8 Å². The molecule has 0 aliphatic carbocycles. The van der Waals surface area contributed by atoms with Crippen LogP contribution in [0.2, 0.25) is 0 Å². The normalized spacial score (nSPS) is 13.2. The van der Waals surface area contributed by atoms with Crippen LogP contribution in [0.15, 0.2) is 36.7 Å². The van der Waals surface area contributed by atoms with Gasteiger partial charge >= 0.3 is 11.9 Å². The maximum Gasteiger partial charge on any atom is 0.303 e. The van der Waals surface area contributed by atoms with Crippen LogP contribution in [0.4, 0.5) is 0 Å². The number of fused-ring (bicyclic) bond motifs is 8.